The Morgan fingerprint density at radius 1 is 1.35 bits per heavy atom. The van der Waals surface area contributed by atoms with Crippen molar-refractivity contribution in [2.75, 3.05) is 19.7 Å². The van der Waals surface area contributed by atoms with Gasteiger partial charge in [0.15, 0.2) is 0 Å². The van der Waals surface area contributed by atoms with Crippen LogP contribution in [0.15, 0.2) is 12.1 Å². The van der Waals surface area contributed by atoms with Crippen LogP contribution in [0.25, 0.3) is 0 Å². The summed E-state index contributed by atoms with van der Waals surface area (Å²) in [7, 11) is -1.57. The second kappa shape index (κ2) is 8.36. The molecule has 1 aromatic rings. The van der Waals surface area contributed by atoms with Gasteiger partial charge in [-0.25, -0.2) is 4.79 Å². The van der Waals surface area contributed by atoms with Gasteiger partial charge in [-0.1, -0.05) is 6.07 Å². The first kappa shape index (κ1) is 20.0. The van der Waals surface area contributed by atoms with Crippen molar-refractivity contribution in [1.29, 1.82) is 0 Å². The van der Waals surface area contributed by atoms with E-state index in [1.165, 1.54) is 17.0 Å². The molecule has 1 aromatic carbocycles. The number of hydrogen-bond acceptors (Lipinski definition) is 8. The zero-order chi connectivity index (χ0) is 19.4. The van der Waals surface area contributed by atoms with Gasteiger partial charge in [0.1, 0.15) is 29.2 Å². The van der Waals surface area contributed by atoms with Crippen LogP contribution in [0.4, 0.5) is 0 Å². The summed E-state index contributed by atoms with van der Waals surface area (Å²) in [4.78, 5) is 24.6. The fourth-order valence-corrected chi connectivity index (χ4v) is 2.59. The lowest BCUT2D eigenvalue weighted by atomic mass is 9.82. The minimum Gasteiger partial charge on any atom is -0.507 e. The van der Waals surface area contributed by atoms with E-state index >= 15 is 0 Å². The number of aromatic hydroxyl groups is 1. The van der Waals surface area contributed by atoms with Crippen LogP contribution < -0.4 is 10.5 Å². The summed E-state index contributed by atoms with van der Waals surface area (Å²) in [6.45, 7) is -0.0997. The van der Waals surface area contributed by atoms with Gasteiger partial charge in [-0.15, -0.1) is 0 Å². The van der Waals surface area contributed by atoms with E-state index in [4.69, 9.17) is 25.6 Å². The molecule has 1 amide bonds. The topological polar surface area (TPSA) is 174 Å². The number of hydrogen-bond donors (Lipinski definition) is 6. The Morgan fingerprint density at radius 3 is 2.54 bits per heavy atom. The van der Waals surface area contributed by atoms with Crippen molar-refractivity contribution in [2.45, 2.75) is 24.9 Å². The molecule has 1 fully saturated rings. The number of nitrogens with two attached hydrogens (primary N) is 1. The van der Waals surface area contributed by atoms with Crippen LogP contribution >= 0.6 is 0 Å². The van der Waals surface area contributed by atoms with Crippen LogP contribution in [0.2, 0.25) is 6.32 Å². The first-order valence-electron chi connectivity index (χ1n) is 8.00. The maximum atomic E-state index is 11.8. The maximum Gasteiger partial charge on any atom is 0.451 e. The lowest BCUT2D eigenvalue weighted by Gasteiger charge is -2.40. The number of rotatable bonds is 8. The Bertz CT molecular complexity index is 678. The second-order valence-electron chi connectivity index (χ2n) is 6.04. The molecule has 7 N–H and O–H groups in total. The Balaban J connectivity index is 2.07. The number of phenols is 1. The maximum absolute atomic E-state index is 11.8. The number of nitrogens with zero attached hydrogens (tertiary/aromatic N) is 1. The summed E-state index contributed by atoms with van der Waals surface area (Å²) in [6.07, 6.45) is -0.445. The zero-order valence-corrected chi connectivity index (χ0v) is 13.9. The summed E-state index contributed by atoms with van der Waals surface area (Å²) >= 11 is 0. The number of aliphatic hydroxyl groups is 1. The van der Waals surface area contributed by atoms with Crippen LogP contribution in [-0.4, -0.2) is 81.1 Å². The molecule has 0 radical (unpaired) electrons. The lowest BCUT2D eigenvalue weighted by molar-refractivity contribution is -0.142. The fourth-order valence-electron chi connectivity index (χ4n) is 2.59. The molecule has 2 rings (SSSR count). The number of aryl methyl sites for hydroxylation is 1. The molecule has 26 heavy (non-hydrogen) atoms. The third kappa shape index (κ3) is 4.44. The number of likely N-dealkylation sites (tertiary alicyclic amines) is 1. The van der Waals surface area contributed by atoms with Crippen molar-refractivity contribution in [1.82, 2.24) is 4.90 Å². The molecule has 1 aliphatic heterocycles. The van der Waals surface area contributed by atoms with Crippen LogP contribution in [0.3, 0.4) is 0 Å². The summed E-state index contributed by atoms with van der Waals surface area (Å²) in [5, 5.41) is 46.2. The highest BCUT2D eigenvalue weighted by atomic mass is 16.5. The summed E-state index contributed by atoms with van der Waals surface area (Å²) in [6, 6.07) is 1.82. The molecule has 1 saturated heterocycles. The average Bonchev–Trinajstić information content (AvgIpc) is 2.54. The van der Waals surface area contributed by atoms with E-state index in [1.807, 2.05) is 0 Å². The average molecular weight is 368 g/mol. The number of carboxylic acids is 1. The molecular formula is C15H21BN2O8. The number of aromatic carboxylic acids is 1. The number of aliphatic hydroxyl groups excluding tert-OH is 1. The molecule has 0 spiro atoms. The number of carbonyl (C=O) groups is 2. The first-order chi connectivity index (χ1) is 12.2. The second-order valence-corrected chi connectivity index (χ2v) is 6.04. The van der Waals surface area contributed by atoms with Gasteiger partial charge in [-0.3, -0.25) is 4.79 Å². The van der Waals surface area contributed by atoms with E-state index in [0.717, 1.165) is 0 Å². The van der Waals surface area contributed by atoms with E-state index in [9.17, 15) is 19.8 Å². The third-order valence-electron chi connectivity index (χ3n) is 4.08. The molecule has 1 atom stereocenters. The van der Waals surface area contributed by atoms with Crippen molar-refractivity contribution in [3.8, 4) is 11.5 Å². The van der Waals surface area contributed by atoms with Crippen LogP contribution in [0, 0.1) is 0 Å². The van der Waals surface area contributed by atoms with E-state index in [2.05, 4.69) is 0 Å². The molecule has 10 nitrogen and oxygen atoms in total. The Labute approximate surface area is 149 Å². The Morgan fingerprint density at radius 2 is 2.00 bits per heavy atom. The highest BCUT2D eigenvalue weighted by molar-refractivity contribution is 6.41. The van der Waals surface area contributed by atoms with Crippen LogP contribution in [0.5, 0.6) is 11.5 Å². The fraction of sp³-hybridized carbons (Fsp3) is 0.467. The number of ether oxygens (including phenoxy) is 1. The molecule has 0 bridgehead atoms. The van der Waals surface area contributed by atoms with Crippen LogP contribution in [0.1, 0.15) is 15.9 Å². The Kier molecular flexibility index (Phi) is 6.43. The molecule has 11 heteroatoms. The van der Waals surface area contributed by atoms with Crippen molar-refractivity contribution in [3.63, 3.8) is 0 Å². The van der Waals surface area contributed by atoms with Crippen molar-refractivity contribution in [3.05, 3.63) is 23.3 Å². The molecule has 142 valence electrons. The third-order valence-corrected chi connectivity index (χ3v) is 4.08. The summed E-state index contributed by atoms with van der Waals surface area (Å²) < 4.78 is 5.56. The van der Waals surface area contributed by atoms with Gasteiger partial charge in [0.25, 0.3) is 0 Å². The largest absolute Gasteiger partial charge is 0.507 e. The quantitative estimate of drug-likeness (QED) is 0.284. The monoisotopic (exact) mass is 368 g/mol. The molecule has 0 aliphatic carbocycles. The van der Waals surface area contributed by atoms with Crippen molar-refractivity contribution >= 4 is 19.0 Å². The number of carboxylic acid groups (broad SMARTS) is 1. The summed E-state index contributed by atoms with van der Waals surface area (Å²) in [5.74, 6) is -2.36. The first-order valence-corrected chi connectivity index (χ1v) is 8.00. The molecule has 0 aromatic heterocycles. The minimum atomic E-state index is -1.57. The highest BCUT2D eigenvalue weighted by Gasteiger charge is 2.35. The number of benzene rings is 1. The van der Waals surface area contributed by atoms with Gasteiger partial charge < -0.3 is 40.7 Å². The zero-order valence-electron chi connectivity index (χ0n) is 13.9. The highest BCUT2D eigenvalue weighted by Crippen LogP contribution is 2.33. The minimum absolute atomic E-state index is 0.0492. The van der Waals surface area contributed by atoms with E-state index in [1.54, 1.807) is 0 Å². The molecular weight excluding hydrogens is 347 g/mol. The van der Waals surface area contributed by atoms with Crippen molar-refractivity contribution in [2.24, 2.45) is 5.73 Å². The molecule has 0 saturated carbocycles. The lowest BCUT2D eigenvalue weighted by Crippen LogP contribution is -2.60. The normalized spacial score (nSPS) is 15.3. The smallest absolute Gasteiger partial charge is 0.451 e. The van der Waals surface area contributed by atoms with E-state index in [-0.39, 0.29) is 37.1 Å². The summed E-state index contributed by atoms with van der Waals surface area (Å²) in [5.41, 5.74) is 5.27. The van der Waals surface area contributed by atoms with Gasteiger partial charge in [0, 0.05) is 0 Å². The number of carbonyl (C=O) groups excluding carboxylic acids is 1. The van der Waals surface area contributed by atoms with E-state index in [0.29, 0.717) is 0 Å². The van der Waals surface area contributed by atoms with Gasteiger partial charge in [0.2, 0.25) is 5.91 Å². The van der Waals surface area contributed by atoms with Crippen LogP contribution in [-0.2, 0) is 11.2 Å². The van der Waals surface area contributed by atoms with Gasteiger partial charge in [-0.2, -0.15) is 0 Å². The predicted molar refractivity (Wildman–Crippen MR) is 89.8 cm³/mol. The molecule has 0 unspecified atom stereocenters. The molecule has 1 heterocycles. The molecule has 1 aliphatic rings. The van der Waals surface area contributed by atoms with Gasteiger partial charge in [0.05, 0.1) is 19.7 Å². The Hall–Kier alpha value is -2.34. The van der Waals surface area contributed by atoms with Gasteiger partial charge >= 0.3 is 13.1 Å². The van der Waals surface area contributed by atoms with Crippen molar-refractivity contribution < 1.29 is 39.7 Å². The number of amides is 1. The van der Waals surface area contributed by atoms with E-state index < -0.39 is 49.1 Å². The standard InChI is InChI=1S/C15H21BN2O8/c17-10(7-19)14(21)18-5-9(6-18)26-11-2-1-8(3-4-16(24)25)13(20)12(11)15(22)23/h1-2,9-10,19-20,24-25H,3-7,17H2,(H,22,23)/t10-/m1/s1. The SMILES string of the molecule is N[C@H](CO)C(=O)N1CC(Oc2ccc(CCB(O)O)c(O)c2C(=O)O)C1. The predicted octanol–water partition coefficient (Wildman–Crippen LogP) is -1.99. The van der Waals surface area contributed by atoms with Gasteiger partial charge in [-0.05, 0) is 24.4 Å².